The molecule has 0 aliphatic rings. The normalized spacial score (nSPS) is 19.3. The average Bonchev–Trinajstić information content (AvgIpc) is 3.86. The van der Waals surface area contributed by atoms with Crippen molar-refractivity contribution in [3.63, 3.8) is 0 Å². The van der Waals surface area contributed by atoms with Crippen LogP contribution in [0.15, 0.2) is 169 Å². The van der Waals surface area contributed by atoms with Crippen LogP contribution >= 0.6 is 0 Å². The summed E-state index contributed by atoms with van der Waals surface area (Å²) in [4.78, 5) is 0. The monoisotopic (exact) mass is 584 g/mol. The molecule has 2 nitrogen and oxygen atoms in total. The van der Waals surface area contributed by atoms with Crippen LogP contribution in [0.25, 0.3) is 77.2 Å². The number of hydrogen-bond acceptors (Lipinski definition) is 0. The minimum Gasteiger partial charge on any atom is -0.309 e. The lowest BCUT2D eigenvalue weighted by atomic mass is 9.99. The number of hydrogen-bond donors (Lipinski definition) is 0. The van der Waals surface area contributed by atoms with Crippen LogP contribution in [-0.2, 0) is 0 Å². The minimum absolute atomic E-state index is 0.0515. The zero-order valence-electron chi connectivity index (χ0n) is 46.2. The molecular weight excluding hydrogens is 532 g/mol. The summed E-state index contributed by atoms with van der Waals surface area (Å²) >= 11 is 0. The molecule has 0 N–H and O–H groups in total. The fourth-order valence-corrected chi connectivity index (χ4v) is 5.31. The van der Waals surface area contributed by atoms with Crippen LogP contribution < -0.4 is 0 Å². The SMILES string of the molecule is [2H]c1c([2H])c([2H])c(-c2c([2H])c([2H])c([2H])c(-c3cccc(-n4c5c([2H])c([2H])c([2H])c([2H])c5c5c([2H])c(-n6c7c([2H])c([2H])c([2H])c([2H])c7c7c([2H])c([2H])c([2H])c([2H])c76)c([2H])c([2H])c54)c3)c2[2H])c([2H])c1[2H]. The van der Waals surface area contributed by atoms with Crippen molar-refractivity contribution in [2.24, 2.45) is 0 Å². The highest BCUT2D eigenvalue weighted by Crippen LogP contribution is 2.37. The molecule has 44 heavy (non-hydrogen) atoms. The van der Waals surface area contributed by atoms with Crippen molar-refractivity contribution in [1.82, 2.24) is 9.13 Å². The van der Waals surface area contributed by atoms with Gasteiger partial charge in [-0.15, -0.1) is 0 Å². The molecule has 0 unspecified atom stereocenters. The number of rotatable bonds is 4. The molecule has 9 rings (SSSR count). The van der Waals surface area contributed by atoms with Gasteiger partial charge < -0.3 is 9.13 Å². The third-order valence-electron chi connectivity index (χ3n) is 7.17. The molecule has 0 fully saturated rings. The van der Waals surface area contributed by atoms with Crippen LogP contribution in [0.3, 0.4) is 0 Å². The van der Waals surface area contributed by atoms with Crippen LogP contribution in [0.2, 0.25) is 0 Å². The van der Waals surface area contributed by atoms with Crippen molar-refractivity contribution in [2.75, 3.05) is 0 Å². The first-order valence-corrected chi connectivity index (χ1v) is 13.2. The van der Waals surface area contributed by atoms with Crippen molar-refractivity contribution in [3.05, 3.63) is 169 Å². The molecular formula is C42H28N2. The third kappa shape index (κ3) is 3.82. The molecule has 0 spiro atoms. The lowest BCUT2D eigenvalue weighted by molar-refractivity contribution is 1.17. The van der Waals surface area contributed by atoms with Gasteiger partial charge in [0.1, 0.15) is 0 Å². The molecule has 9 aromatic rings. The van der Waals surface area contributed by atoms with Crippen molar-refractivity contribution >= 4 is 43.6 Å². The fraction of sp³-hybridized carbons (Fsp3) is 0. The molecule has 206 valence electrons. The molecule has 0 saturated heterocycles. The summed E-state index contributed by atoms with van der Waals surface area (Å²) in [6, 6.07) is -12.5. The molecule has 2 aromatic heterocycles. The predicted molar refractivity (Wildman–Crippen MR) is 186 cm³/mol. The van der Waals surface area contributed by atoms with Gasteiger partial charge in [0.15, 0.2) is 0 Å². The average molecular weight is 585 g/mol. The van der Waals surface area contributed by atoms with E-state index in [9.17, 15) is 5.48 Å². The summed E-state index contributed by atoms with van der Waals surface area (Å²) in [6.07, 6.45) is 0. The van der Waals surface area contributed by atoms with Gasteiger partial charge >= 0.3 is 0 Å². The first-order valence-electron chi connectivity index (χ1n) is 25.2. The quantitative estimate of drug-likeness (QED) is 0.195. The topological polar surface area (TPSA) is 9.86 Å². The lowest BCUT2D eigenvalue weighted by Gasteiger charge is -2.12. The van der Waals surface area contributed by atoms with Gasteiger partial charge in [-0.25, -0.2) is 0 Å². The van der Waals surface area contributed by atoms with E-state index in [0.29, 0.717) is 0 Å². The van der Waals surface area contributed by atoms with E-state index in [0.717, 1.165) is 9.13 Å². The fourth-order valence-electron chi connectivity index (χ4n) is 5.31. The summed E-state index contributed by atoms with van der Waals surface area (Å²) in [7, 11) is 0. The molecule has 7 aromatic carbocycles. The molecule has 0 amide bonds. The highest BCUT2D eigenvalue weighted by Gasteiger charge is 2.16. The second kappa shape index (κ2) is 9.86. The van der Waals surface area contributed by atoms with Crippen molar-refractivity contribution in [1.29, 1.82) is 0 Å². The maximum absolute atomic E-state index is 9.82. The molecule has 0 bridgehead atoms. The first kappa shape index (κ1) is 10.7. The van der Waals surface area contributed by atoms with E-state index in [1.54, 1.807) is 0 Å². The molecule has 2 heterocycles. The standard InChI is InChI=1S/C42H28N2/c1-2-12-29(13-3-1)30-14-10-15-31(26-30)32-16-11-17-33(27-32)43-41-23-9-6-20-37(41)38-28-34(24-25-42(38)43)44-39-21-7-4-18-35(39)36-19-5-8-22-40(36)44/h1-28H/i1D,2D,3D,4D,5D,6D,7D,8D,9D,10D,12D,13D,14D,15D,18D,19D,20D,21D,22D,23D,24D,25D,26D,28D. The first-order chi connectivity index (χ1) is 31.8. The Morgan fingerprint density at radius 3 is 1.57 bits per heavy atom. The van der Waals surface area contributed by atoms with E-state index in [4.69, 9.17) is 27.4 Å². The Kier molecular flexibility index (Phi) is 2.40. The molecule has 2 heteroatoms. The summed E-state index contributed by atoms with van der Waals surface area (Å²) in [5, 5.41) is -1.51. The second-order valence-electron chi connectivity index (χ2n) is 9.59. The van der Waals surface area contributed by atoms with Gasteiger partial charge in [0, 0.05) is 32.9 Å². The number of aromatic nitrogens is 2. The zero-order chi connectivity index (χ0) is 49.9. The lowest BCUT2D eigenvalue weighted by Crippen LogP contribution is -1.96. The van der Waals surface area contributed by atoms with E-state index >= 15 is 0 Å². The number of benzene rings is 7. The van der Waals surface area contributed by atoms with Crippen LogP contribution in [0, 0.1) is 0 Å². The predicted octanol–water partition coefficient (Wildman–Crippen LogP) is 11.2. The van der Waals surface area contributed by atoms with Crippen LogP contribution in [0.1, 0.15) is 32.9 Å². The van der Waals surface area contributed by atoms with E-state index in [1.165, 1.54) is 24.3 Å². The summed E-state index contributed by atoms with van der Waals surface area (Å²) in [5.41, 5.74) is -3.85. The Morgan fingerprint density at radius 1 is 0.364 bits per heavy atom. The third-order valence-corrected chi connectivity index (χ3v) is 7.17. The van der Waals surface area contributed by atoms with Gasteiger partial charge in [0.2, 0.25) is 0 Å². The smallest absolute Gasteiger partial charge is 0.0652 e. The molecule has 0 radical (unpaired) electrons. The van der Waals surface area contributed by atoms with Gasteiger partial charge in [0.05, 0.1) is 55.0 Å². The molecule has 0 atom stereocenters. The summed E-state index contributed by atoms with van der Waals surface area (Å²) in [5.74, 6) is 0. The molecule has 0 aliphatic heterocycles. The second-order valence-corrected chi connectivity index (χ2v) is 9.59. The highest BCUT2D eigenvalue weighted by atomic mass is 15.0. The zero-order valence-corrected chi connectivity index (χ0v) is 22.2. The Bertz CT molecular complexity index is 3740. The van der Waals surface area contributed by atoms with Gasteiger partial charge in [0.25, 0.3) is 0 Å². The Morgan fingerprint density at radius 2 is 0.886 bits per heavy atom. The van der Waals surface area contributed by atoms with Crippen molar-refractivity contribution < 1.29 is 32.9 Å². The summed E-state index contributed by atoms with van der Waals surface area (Å²) in [6.45, 7) is 0. The highest BCUT2D eigenvalue weighted by molar-refractivity contribution is 6.12. The Hall–Kier alpha value is -5.86. The largest absolute Gasteiger partial charge is 0.309 e. The van der Waals surface area contributed by atoms with E-state index in [1.807, 2.05) is 0 Å². The van der Waals surface area contributed by atoms with Crippen molar-refractivity contribution in [2.45, 2.75) is 0 Å². The van der Waals surface area contributed by atoms with Crippen LogP contribution in [0.4, 0.5) is 0 Å². The minimum atomic E-state index is -0.841. The van der Waals surface area contributed by atoms with E-state index < -0.39 is 173 Å². The maximum atomic E-state index is 9.82. The summed E-state index contributed by atoms with van der Waals surface area (Å²) < 4.78 is 213. The maximum Gasteiger partial charge on any atom is 0.0652 e. The van der Waals surface area contributed by atoms with E-state index in [-0.39, 0.29) is 49.4 Å². The van der Waals surface area contributed by atoms with Crippen LogP contribution in [0.5, 0.6) is 0 Å². The van der Waals surface area contributed by atoms with Crippen molar-refractivity contribution in [3.8, 4) is 33.6 Å². The van der Waals surface area contributed by atoms with Gasteiger partial charge in [-0.1, -0.05) is 115 Å². The van der Waals surface area contributed by atoms with Gasteiger partial charge in [-0.05, 0) is 76.7 Å². The number of para-hydroxylation sites is 3. The van der Waals surface area contributed by atoms with Gasteiger partial charge in [-0.2, -0.15) is 0 Å². The van der Waals surface area contributed by atoms with E-state index in [2.05, 4.69) is 0 Å². The molecule has 0 aliphatic carbocycles. The number of fused-ring (bicyclic) bond motifs is 6. The molecule has 0 saturated carbocycles. The Balaban J connectivity index is 1.44. The van der Waals surface area contributed by atoms with Crippen LogP contribution in [-0.4, -0.2) is 9.13 Å². The van der Waals surface area contributed by atoms with Gasteiger partial charge in [-0.3, -0.25) is 0 Å². The Labute approximate surface area is 289 Å². The number of nitrogens with zero attached hydrogens (tertiary/aromatic N) is 2.